The minimum Gasteiger partial charge on any atom is -0.507 e. The summed E-state index contributed by atoms with van der Waals surface area (Å²) >= 11 is 17.8. The van der Waals surface area contributed by atoms with Gasteiger partial charge < -0.3 is 5.11 Å². The molecule has 0 bridgehead atoms. The number of phenolic OH excluding ortho intramolecular Hbond substituents is 1. The number of piperidine rings is 1. The molecule has 7 rings (SSSR count). The van der Waals surface area contributed by atoms with Crippen molar-refractivity contribution in [3.63, 3.8) is 0 Å². The van der Waals surface area contributed by atoms with Gasteiger partial charge in [0, 0.05) is 37.2 Å². The quantitative estimate of drug-likeness (QED) is 0.201. The average molecular weight is 715 g/mol. The van der Waals surface area contributed by atoms with Crippen molar-refractivity contribution in [2.75, 3.05) is 18.5 Å². The van der Waals surface area contributed by atoms with Crippen molar-refractivity contribution in [1.29, 1.82) is 0 Å². The molecule has 236 valence electrons. The summed E-state index contributed by atoms with van der Waals surface area (Å²) in [4.78, 5) is 57.1. The fourth-order valence-corrected chi connectivity index (χ4v) is 9.99. The van der Waals surface area contributed by atoms with E-state index in [2.05, 4.69) is 33.0 Å². The number of imide groups is 2. The molecule has 11 heteroatoms. The lowest BCUT2D eigenvalue weighted by Crippen LogP contribution is -2.60. The third-order valence-electron chi connectivity index (χ3n) is 10.8. The number of nitrogens with zero attached hydrogens (tertiary/aromatic N) is 3. The number of fused-ring (bicyclic) bond motifs is 4. The Morgan fingerprint density at radius 1 is 0.933 bits per heavy atom. The van der Waals surface area contributed by atoms with E-state index in [9.17, 15) is 24.3 Å². The van der Waals surface area contributed by atoms with E-state index in [1.165, 1.54) is 10.5 Å². The SMILES string of the molecule is Cc1cccc([C@H]2C3=CC[C@@H]4C(=O)N(C5CCN(Cc6ccccc6)CC5)C(=O)[C@@H]4[C@@H]3C[C@@]3(Cl)C(=O)N(CBr)C(=O)[C@@]23Cl)c1O. The van der Waals surface area contributed by atoms with Crippen LogP contribution in [0.4, 0.5) is 0 Å². The minimum absolute atomic E-state index is 0.0412. The van der Waals surface area contributed by atoms with E-state index in [1.807, 2.05) is 24.3 Å². The molecule has 0 radical (unpaired) electrons. The average Bonchev–Trinajstić information content (AvgIpc) is 3.37. The van der Waals surface area contributed by atoms with Crippen LogP contribution in [0.2, 0.25) is 0 Å². The highest BCUT2D eigenvalue weighted by atomic mass is 79.9. The van der Waals surface area contributed by atoms with Gasteiger partial charge in [-0.05, 0) is 49.7 Å². The van der Waals surface area contributed by atoms with Crippen LogP contribution in [0.3, 0.4) is 0 Å². The molecule has 4 fully saturated rings. The number of phenols is 1. The molecular weight excluding hydrogens is 681 g/mol. The van der Waals surface area contributed by atoms with Crippen LogP contribution in [0.25, 0.3) is 0 Å². The second-order valence-electron chi connectivity index (χ2n) is 13.0. The molecule has 1 N–H and O–H groups in total. The number of allylic oxidation sites excluding steroid dienone is 2. The van der Waals surface area contributed by atoms with E-state index < -0.39 is 45.2 Å². The van der Waals surface area contributed by atoms with Gasteiger partial charge in [-0.15, -0.1) is 23.2 Å². The number of hydrogen-bond donors (Lipinski definition) is 1. The summed E-state index contributed by atoms with van der Waals surface area (Å²) in [5, 5.41) is 11.3. The molecule has 3 saturated heterocycles. The van der Waals surface area contributed by atoms with Gasteiger partial charge in [-0.25, -0.2) is 0 Å². The first kappa shape index (κ1) is 30.9. The number of aromatic hydroxyl groups is 1. The predicted octanol–water partition coefficient (Wildman–Crippen LogP) is 5.08. The lowest BCUT2D eigenvalue weighted by atomic mass is 9.56. The van der Waals surface area contributed by atoms with Crippen molar-refractivity contribution in [2.24, 2.45) is 17.8 Å². The maximum atomic E-state index is 14.4. The molecule has 2 aromatic rings. The van der Waals surface area contributed by atoms with Crippen LogP contribution in [0, 0.1) is 24.7 Å². The van der Waals surface area contributed by atoms with E-state index in [1.54, 1.807) is 25.1 Å². The van der Waals surface area contributed by atoms with Gasteiger partial charge in [-0.2, -0.15) is 0 Å². The molecule has 45 heavy (non-hydrogen) atoms. The highest BCUT2D eigenvalue weighted by Gasteiger charge is 2.76. The number of hydrogen-bond acceptors (Lipinski definition) is 6. The third kappa shape index (κ3) is 4.40. The molecule has 3 heterocycles. The molecule has 0 unspecified atom stereocenters. The summed E-state index contributed by atoms with van der Waals surface area (Å²) < 4.78 is 0. The maximum absolute atomic E-state index is 14.4. The second-order valence-corrected chi connectivity index (χ2v) is 14.8. The normalized spacial score (nSPS) is 33.7. The number of amides is 4. The Hall–Kier alpha value is -2.72. The zero-order chi connectivity index (χ0) is 31.8. The first-order valence-corrected chi connectivity index (χ1v) is 17.3. The third-order valence-corrected chi connectivity index (χ3v) is 12.7. The maximum Gasteiger partial charge on any atom is 0.254 e. The fraction of sp³-hybridized carbons (Fsp3) is 0.471. The van der Waals surface area contributed by atoms with Gasteiger partial charge in [0.15, 0.2) is 9.75 Å². The highest BCUT2D eigenvalue weighted by Crippen LogP contribution is 2.66. The summed E-state index contributed by atoms with van der Waals surface area (Å²) in [5.41, 5.74) is 2.77. The Morgan fingerprint density at radius 3 is 2.33 bits per heavy atom. The number of carbonyl (C=O) groups excluding carboxylic acids is 4. The van der Waals surface area contributed by atoms with E-state index in [-0.39, 0.29) is 35.5 Å². The molecule has 2 aromatic carbocycles. The van der Waals surface area contributed by atoms with Crippen molar-refractivity contribution >= 4 is 62.8 Å². The van der Waals surface area contributed by atoms with Crippen molar-refractivity contribution < 1.29 is 24.3 Å². The van der Waals surface area contributed by atoms with Gasteiger partial charge in [-0.3, -0.25) is 33.9 Å². The molecular formula is C34H34BrCl2N3O5. The first-order valence-electron chi connectivity index (χ1n) is 15.4. The van der Waals surface area contributed by atoms with Gasteiger partial charge in [0.05, 0.1) is 17.3 Å². The van der Waals surface area contributed by atoms with Crippen LogP contribution in [0.5, 0.6) is 5.75 Å². The number of alkyl halides is 3. The molecule has 8 nitrogen and oxygen atoms in total. The van der Waals surface area contributed by atoms with E-state index in [0.29, 0.717) is 36.0 Å². The molecule has 1 saturated carbocycles. The number of halogens is 3. The lowest BCUT2D eigenvalue weighted by Gasteiger charge is -2.50. The molecule has 6 atom stereocenters. The van der Waals surface area contributed by atoms with Crippen molar-refractivity contribution in [3.05, 3.63) is 76.9 Å². The summed E-state index contributed by atoms with van der Waals surface area (Å²) in [6, 6.07) is 15.2. The lowest BCUT2D eigenvalue weighted by molar-refractivity contribution is -0.144. The van der Waals surface area contributed by atoms with Crippen LogP contribution in [0.15, 0.2) is 60.2 Å². The number of para-hydroxylation sites is 1. The molecule has 0 spiro atoms. The monoisotopic (exact) mass is 713 g/mol. The summed E-state index contributed by atoms with van der Waals surface area (Å²) in [6.45, 7) is 4.10. The van der Waals surface area contributed by atoms with E-state index in [4.69, 9.17) is 23.2 Å². The van der Waals surface area contributed by atoms with Crippen LogP contribution >= 0.6 is 39.1 Å². The van der Waals surface area contributed by atoms with E-state index in [0.717, 1.165) is 24.5 Å². The van der Waals surface area contributed by atoms with E-state index >= 15 is 0 Å². The summed E-state index contributed by atoms with van der Waals surface area (Å²) in [7, 11) is 0. The number of benzene rings is 2. The van der Waals surface area contributed by atoms with Crippen LogP contribution < -0.4 is 0 Å². The minimum atomic E-state index is -1.93. The predicted molar refractivity (Wildman–Crippen MR) is 173 cm³/mol. The van der Waals surface area contributed by atoms with Crippen molar-refractivity contribution in [2.45, 2.75) is 60.9 Å². The van der Waals surface area contributed by atoms with Gasteiger partial charge in [-0.1, -0.05) is 76.1 Å². The smallest absolute Gasteiger partial charge is 0.254 e. The molecule has 5 aliphatic rings. The first-order chi connectivity index (χ1) is 21.5. The molecule has 4 amide bonds. The Balaban J connectivity index is 1.22. The number of rotatable bonds is 5. The number of likely N-dealkylation sites (tertiary alicyclic amines) is 3. The Bertz CT molecular complexity index is 1630. The standard InChI is InChI=1S/C34H34BrCl2N3O5/c1-19-6-5-9-24(28(19)41)27-22-10-11-23-26(25(22)16-33(36)31(44)39(18-35)32(45)34(27,33)37)30(43)40(29(23)42)21-12-14-38(15-13-21)17-20-7-3-2-4-8-20/h2-10,21,23,25-27,41H,11-18H2,1H3/t23-,25+,26-,27+,33+,34-/m0/s1. The molecule has 2 aliphatic carbocycles. The van der Waals surface area contributed by atoms with Gasteiger partial charge in [0.25, 0.3) is 11.8 Å². The largest absolute Gasteiger partial charge is 0.507 e. The van der Waals surface area contributed by atoms with Crippen molar-refractivity contribution in [3.8, 4) is 5.75 Å². The second kappa shape index (κ2) is 11.2. The Kier molecular flexibility index (Phi) is 7.70. The Morgan fingerprint density at radius 2 is 1.64 bits per heavy atom. The van der Waals surface area contributed by atoms with Crippen LogP contribution in [0.1, 0.15) is 48.3 Å². The molecule has 0 aromatic heterocycles. The topological polar surface area (TPSA) is 98.2 Å². The fourth-order valence-electron chi connectivity index (χ4n) is 8.57. The zero-order valence-corrected chi connectivity index (χ0v) is 27.9. The van der Waals surface area contributed by atoms with Gasteiger partial charge >= 0.3 is 0 Å². The number of carbonyl (C=O) groups is 4. The van der Waals surface area contributed by atoms with Crippen LogP contribution in [-0.2, 0) is 25.7 Å². The van der Waals surface area contributed by atoms with Crippen LogP contribution in [-0.4, -0.2) is 77.8 Å². The van der Waals surface area contributed by atoms with Gasteiger partial charge in [0.2, 0.25) is 11.8 Å². The highest BCUT2D eigenvalue weighted by molar-refractivity contribution is 9.09. The van der Waals surface area contributed by atoms with Crippen molar-refractivity contribution in [1.82, 2.24) is 14.7 Å². The van der Waals surface area contributed by atoms with Gasteiger partial charge in [0.1, 0.15) is 5.75 Å². The summed E-state index contributed by atoms with van der Waals surface area (Å²) in [6.07, 6.45) is 3.52. The number of aryl methyl sites for hydroxylation is 1. The molecule has 3 aliphatic heterocycles. The Labute approximate surface area is 280 Å². The summed E-state index contributed by atoms with van der Waals surface area (Å²) in [5.74, 6) is -4.65. The zero-order valence-electron chi connectivity index (χ0n) is 24.8.